The third-order valence-electron chi connectivity index (χ3n) is 3.24. The van der Waals surface area contributed by atoms with E-state index in [-0.39, 0.29) is 0 Å². The minimum absolute atomic E-state index is 0.715. The van der Waals surface area contributed by atoms with Crippen LogP contribution in [0.5, 0.6) is 0 Å². The van der Waals surface area contributed by atoms with Crippen molar-refractivity contribution in [3.8, 4) is 0 Å². The van der Waals surface area contributed by atoms with Crippen LogP contribution in [0.4, 0.5) is 0 Å². The minimum Gasteiger partial charge on any atom is -0.385 e. The first-order chi connectivity index (χ1) is 7.77. The zero-order valence-corrected chi connectivity index (χ0v) is 11.2. The molecule has 0 amide bonds. The molecule has 0 bridgehead atoms. The molecule has 1 aliphatic carbocycles. The molecule has 16 heavy (non-hydrogen) atoms. The summed E-state index contributed by atoms with van der Waals surface area (Å²) in [6.07, 6.45) is 5.22. The maximum Gasteiger partial charge on any atom is 0.0474 e. The minimum atomic E-state index is 0.715. The fourth-order valence-electron chi connectivity index (χ4n) is 2.11. The van der Waals surface area contributed by atoms with Gasteiger partial charge in [-0.05, 0) is 45.2 Å². The van der Waals surface area contributed by atoms with Gasteiger partial charge in [0.2, 0.25) is 0 Å². The summed E-state index contributed by atoms with van der Waals surface area (Å²) in [6.45, 7) is 6.60. The summed E-state index contributed by atoms with van der Waals surface area (Å²) in [5, 5.41) is 3.68. The monoisotopic (exact) mass is 228 g/mol. The van der Waals surface area contributed by atoms with Crippen LogP contribution in [0.15, 0.2) is 0 Å². The van der Waals surface area contributed by atoms with Crippen molar-refractivity contribution in [2.75, 3.05) is 40.4 Å². The van der Waals surface area contributed by atoms with E-state index in [4.69, 9.17) is 4.74 Å². The molecule has 3 nitrogen and oxygen atoms in total. The number of ether oxygens (including phenoxy) is 1. The first-order valence-electron chi connectivity index (χ1n) is 6.68. The highest BCUT2D eigenvalue weighted by atomic mass is 16.5. The van der Waals surface area contributed by atoms with Crippen LogP contribution in [0.1, 0.15) is 32.6 Å². The fraction of sp³-hybridized carbons (Fsp3) is 1.00. The Morgan fingerprint density at radius 2 is 2.19 bits per heavy atom. The Morgan fingerprint density at radius 3 is 2.75 bits per heavy atom. The van der Waals surface area contributed by atoms with Crippen molar-refractivity contribution >= 4 is 0 Å². The van der Waals surface area contributed by atoms with E-state index in [2.05, 4.69) is 24.2 Å². The average molecular weight is 228 g/mol. The van der Waals surface area contributed by atoms with Crippen LogP contribution in [-0.4, -0.2) is 51.3 Å². The van der Waals surface area contributed by atoms with Gasteiger partial charge in [0.25, 0.3) is 0 Å². The third kappa shape index (κ3) is 5.83. The standard InChI is InChI=1S/C13H28N2O/c1-4-8-14-13(12-6-7-12)11-15(2)9-5-10-16-3/h12-14H,4-11H2,1-3H3. The summed E-state index contributed by atoms with van der Waals surface area (Å²) in [5.74, 6) is 0.941. The van der Waals surface area contributed by atoms with Gasteiger partial charge in [-0.1, -0.05) is 6.92 Å². The highest BCUT2D eigenvalue weighted by Gasteiger charge is 2.31. The first-order valence-corrected chi connectivity index (χ1v) is 6.68. The summed E-state index contributed by atoms with van der Waals surface area (Å²) in [5.41, 5.74) is 0. The van der Waals surface area contributed by atoms with Crippen LogP contribution in [0.2, 0.25) is 0 Å². The number of likely N-dealkylation sites (N-methyl/N-ethyl adjacent to an activating group) is 1. The zero-order valence-electron chi connectivity index (χ0n) is 11.2. The number of hydrogen-bond acceptors (Lipinski definition) is 3. The molecule has 0 aliphatic heterocycles. The molecule has 3 heteroatoms. The van der Waals surface area contributed by atoms with Crippen LogP contribution < -0.4 is 5.32 Å². The van der Waals surface area contributed by atoms with Gasteiger partial charge in [-0.15, -0.1) is 0 Å². The Morgan fingerprint density at radius 1 is 1.44 bits per heavy atom. The van der Waals surface area contributed by atoms with E-state index in [0.717, 1.165) is 32.0 Å². The predicted molar refractivity (Wildman–Crippen MR) is 68.8 cm³/mol. The predicted octanol–water partition coefficient (Wildman–Crippen LogP) is 1.73. The van der Waals surface area contributed by atoms with E-state index in [9.17, 15) is 0 Å². The van der Waals surface area contributed by atoms with Crippen LogP contribution in [0.3, 0.4) is 0 Å². The summed E-state index contributed by atoms with van der Waals surface area (Å²) >= 11 is 0. The SMILES string of the molecule is CCCNC(CN(C)CCCOC)C1CC1. The molecular formula is C13H28N2O. The average Bonchev–Trinajstić information content (AvgIpc) is 3.08. The van der Waals surface area contributed by atoms with Crippen molar-refractivity contribution in [2.45, 2.75) is 38.6 Å². The van der Waals surface area contributed by atoms with Crippen molar-refractivity contribution in [1.82, 2.24) is 10.2 Å². The summed E-state index contributed by atoms with van der Waals surface area (Å²) < 4.78 is 5.08. The van der Waals surface area contributed by atoms with E-state index in [1.165, 1.54) is 25.8 Å². The van der Waals surface area contributed by atoms with Crippen molar-refractivity contribution in [3.05, 3.63) is 0 Å². The maximum atomic E-state index is 5.08. The highest BCUT2D eigenvalue weighted by Crippen LogP contribution is 2.32. The van der Waals surface area contributed by atoms with Crippen molar-refractivity contribution in [3.63, 3.8) is 0 Å². The molecule has 1 atom stereocenters. The molecule has 1 aliphatic rings. The maximum absolute atomic E-state index is 5.08. The summed E-state index contributed by atoms with van der Waals surface area (Å²) in [6, 6.07) is 0.715. The van der Waals surface area contributed by atoms with Gasteiger partial charge < -0.3 is 15.0 Å². The van der Waals surface area contributed by atoms with Crippen molar-refractivity contribution in [2.24, 2.45) is 5.92 Å². The molecule has 0 radical (unpaired) electrons. The Kier molecular flexibility index (Phi) is 7.01. The van der Waals surface area contributed by atoms with Crippen LogP contribution in [-0.2, 0) is 4.74 Å². The first kappa shape index (κ1) is 13.9. The van der Waals surface area contributed by atoms with Gasteiger partial charge in [0.05, 0.1) is 0 Å². The molecule has 0 aromatic heterocycles. The Balaban J connectivity index is 2.14. The van der Waals surface area contributed by atoms with Gasteiger partial charge in [-0.3, -0.25) is 0 Å². The van der Waals surface area contributed by atoms with Crippen molar-refractivity contribution < 1.29 is 4.74 Å². The summed E-state index contributed by atoms with van der Waals surface area (Å²) in [4.78, 5) is 2.44. The van der Waals surface area contributed by atoms with Gasteiger partial charge in [0.15, 0.2) is 0 Å². The van der Waals surface area contributed by atoms with E-state index in [1.807, 2.05) is 0 Å². The molecule has 1 rings (SSSR count). The lowest BCUT2D eigenvalue weighted by Crippen LogP contribution is -2.41. The van der Waals surface area contributed by atoms with Gasteiger partial charge >= 0.3 is 0 Å². The molecule has 1 fully saturated rings. The number of hydrogen-bond donors (Lipinski definition) is 1. The second-order valence-electron chi connectivity index (χ2n) is 5.01. The van der Waals surface area contributed by atoms with Crippen LogP contribution in [0, 0.1) is 5.92 Å². The molecular weight excluding hydrogens is 200 g/mol. The Bertz CT molecular complexity index is 171. The fourth-order valence-corrected chi connectivity index (χ4v) is 2.11. The van der Waals surface area contributed by atoms with Gasteiger partial charge in [0, 0.05) is 32.8 Å². The Labute approximate surface area is 101 Å². The topological polar surface area (TPSA) is 24.5 Å². The number of nitrogens with zero attached hydrogens (tertiary/aromatic N) is 1. The molecule has 1 unspecified atom stereocenters. The van der Waals surface area contributed by atoms with E-state index in [1.54, 1.807) is 7.11 Å². The van der Waals surface area contributed by atoms with E-state index in [0.29, 0.717) is 6.04 Å². The number of nitrogens with one attached hydrogen (secondary N) is 1. The van der Waals surface area contributed by atoms with Gasteiger partial charge in [-0.25, -0.2) is 0 Å². The van der Waals surface area contributed by atoms with E-state index < -0.39 is 0 Å². The van der Waals surface area contributed by atoms with Gasteiger partial charge in [-0.2, -0.15) is 0 Å². The summed E-state index contributed by atoms with van der Waals surface area (Å²) in [7, 11) is 3.99. The molecule has 0 heterocycles. The lowest BCUT2D eigenvalue weighted by Gasteiger charge is -2.25. The lowest BCUT2D eigenvalue weighted by molar-refractivity contribution is 0.174. The van der Waals surface area contributed by atoms with Crippen LogP contribution in [0.25, 0.3) is 0 Å². The lowest BCUT2D eigenvalue weighted by atomic mass is 10.1. The van der Waals surface area contributed by atoms with Gasteiger partial charge in [0.1, 0.15) is 0 Å². The van der Waals surface area contributed by atoms with Crippen molar-refractivity contribution in [1.29, 1.82) is 0 Å². The second-order valence-corrected chi connectivity index (χ2v) is 5.01. The third-order valence-corrected chi connectivity index (χ3v) is 3.24. The molecule has 0 saturated heterocycles. The largest absolute Gasteiger partial charge is 0.385 e. The normalized spacial score (nSPS) is 18.0. The Hall–Kier alpha value is -0.120. The highest BCUT2D eigenvalue weighted by molar-refractivity contribution is 4.87. The van der Waals surface area contributed by atoms with Crippen LogP contribution >= 0.6 is 0 Å². The molecule has 1 N–H and O–H groups in total. The number of methoxy groups -OCH3 is 1. The molecule has 0 spiro atoms. The second kappa shape index (κ2) is 8.04. The molecule has 0 aromatic carbocycles. The molecule has 0 aromatic rings. The smallest absolute Gasteiger partial charge is 0.0474 e. The molecule has 96 valence electrons. The quantitative estimate of drug-likeness (QED) is 0.576. The van der Waals surface area contributed by atoms with E-state index >= 15 is 0 Å². The zero-order chi connectivity index (χ0) is 11.8. The molecule has 1 saturated carbocycles. The number of rotatable bonds is 10.